The maximum absolute atomic E-state index is 5.76. The van der Waals surface area contributed by atoms with Crippen LogP contribution in [0.1, 0.15) is 25.5 Å². The molecule has 1 heterocycles. The second-order valence-electron chi connectivity index (χ2n) is 3.96. The highest BCUT2D eigenvalue weighted by atomic mass is 35.5. The van der Waals surface area contributed by atoms with Gasteiger partial charge in [-0.2, -0.15) is 0 Å². The largest absolute Gasteiger partial charge is 0.493 e. The van der Waals surface area contributed by atoms with Crippen molar-refractivity contribution in [2.24, 2.45) is 0 Å². The Morgan fingerprint density at radius 3 is 2.72 bits per heavy atom. The highest BCUT2D eigenvalue weighted by Gasteiger charge is 2.12. The number of alkyl halides is 1. The van der Waals surface area contributed by atoms with E-state index in [9.17, 15) is 0 Å². The summed E-state index contributed by atoms with van der Waals surface area (Å²) < 4.78 is 10.6. The predicted octanol–water partition coefficient (Wildman–Crippen LogP) is 2.60. The Hall–Kier alpha value is -1.00. The average molecular weight is 273 g/mol. The van der Waals surface area contributed by atoms with Crippen molar-refractivity contribution in [3.8, 4) is 11.5 Å². The van der Waals surface area contributed by atoms with Gasteiger partial charge in [-0.3, -0.25) is 4.98 Å². The molecule has 0 amide bonds. The number of halogens is 1. The SMILES string of the molecule is CCC(CCCl)NCc1nccc(OC)c1OC. The molecule has 0 aromatic carbocycles. The Bertz CT molecular complexity index is 361. The van der Waals surface area contributed by atoms with E-state index in [-0.39, 0.29) is 0 Å². The van der Waals surface area contributed by atoms with Crippen molar-refractivity contribution in [2.75, 3.05) is 20.1 Å². The Morgan fingerprint density at radius 1 is 1.39 bits per heavy atom. The number of aromatic nitrogens is 1. The van der Waals surface area contributed by atoms with Crippen LogP contribution >= 0.6 is 11.6 Å². The lowest BCUT2D eigenvalue weighted by Crippen LogP contribution is -2.28. The number of hydrogen-bond acceptors (Lipinski definition) is 4. The quantitative estimate of drug-likeness (QED) is 0.739. The summed E-state index contributed by atoms with van der Waals surface area (Å²) in [5, 5.41) is 3.43. The maximum Gasteiger partial charge on any atom is 0.183 e. The number of pyridine rings is 1. The average Bonchev–Trinajstić information content (AvgIpc) is 2.42. The van der Waals surface area contributed by atoms with Gasteiger partial charge in [0.2, 0.25) is 0 Å². The number of ether oxygens (including phenoxy) is 2. The summed E-state index contributed by atoms with van der Waals surface area (Å²) in [6, 6.07) is 2.19. The molecule has 0 bridgehead atoms. The van der Waals surface area contributed by atoms with Crippen molar-refractivity contribution in [3.05, 3.63) is 18.0 Å². The molecule has 0 fully saturated rings. The molecule has 0 aliphatic heterocycles. The topological polar surface area (TPSA) is 43.4 Å². The molecule has 5 heteroatoms. The van der Waals surface area contributed by atoms with E-state index in [2.05, 4.69) is 17.2 Å². The molecule has 0 saturated carbocycles. The zero-order valence-corrected chi connectivity index (χ0v) is 12.0. The fourth-order valence-corrected chi connectivity index (χ4v) is 2.06. The fourth-order valence-electron chi connectivity index (χ4n) is 1.80. The Kier molecular flexibility index (Phi) is 6.83. The second-order valence-corrected chi connectivity index (χ2v) is 4.33. The van der Waals surface area contributed by atoms with Crippen LogP contribution in [0.25, 0.3) is 0 Å². The minimum Gasteiger partial charge on any atom is -0.493 e. The zero-order chi connectivity index (χ0) is 13.4. The number of methoxy groups -OCH3 is 2. The van der Waals surface area contributed by atoms with Gasteiger partial charge in [-0.05, 0) is 12.8 Å². The maximum atomic E-state index is 5.76. The van der Waals surface area contributed by atoms with E-state index in [1.54, 1.807) is 26.5 Å². The molecular weight excluding hydrogens is 252 g/mol. The monoisotopic (exact) mass is 272 g/mol. The number of hydrogen-bond donors (Lipinski definition) is 1. The highest BCUT2D eigenvalue weighted by Crippen LogP contribution is 2.28. The van der Waals surface area contributed by atoms with Gasteiger partial charge in [-0.1, -0.05) is 6.92 Å². The molecule has 1 aromatic heterocycles. The molecule has 1 rings (SSSR count). The van der Waals surface area contributed by atoms with Crippen LogP contribution in [-0.4, -0.2) is 31.1 Å². The molecule has 0 spiro atoms. The summed E-state index contributed by atoms with van der Waals surface area (Å²) in [5.74, 6) is 2.05. The van der Waals surface area contributed by atoms with Gasteiger partial charge in [0.15, 0.2) is 11.5 Å². The molecule has 0 saturated heterocycles. The normalized spacial score (nSPS) is 12.2. The first-order valence-electron chi connectivity index (χ1n) is 6.12. The summed E-state index contributed by atoms with van der Waals surface area (Å²) in [6.45, 7) is 2.79. The first-order valence-corrected chi connectivity index (χ1v) is 6.65. The lowest BCUT2D eigenvalue weighted by molar-refractivity contribution is 0.346. The molecule has 0 radical (unpaired) electrons. The van der Waals surface area contributed by atoms with E-state index < -0.39 is 0 Å². The standard InChI is InChI=1S/C13H21ClN2O2/c1-4-10(5-7-14)16-9-11-13(18-3)12(17-2)6-8-15-11/h6,8,10,16H,4-5,7,9H2,1-3H3. The summed E-state index contributed by atoms with van der Waals surface area (Å²) in [5.41, 5.74) is 0.852. The van der Waals surface area contributed by atoms with E-state index in [4.69, 9.17) is 21.1 Å². The number of nitrogens with one attached hydrogen (secondary N) is 1. The van der Waals surface area contributed by atoms with Crippen LogP contribution in [-0.2, 0) is 6.54 Å². The first kappa shape index (κ1) is 15.1. The van der Waals surface area contributed by atoms with Crippen LogP contribution < -0.4 is 14.8 Å². The van der Waals surface area contributed by atoms with E-state index in [1.807, 2.05) is 0 Å². The minimum absolute atomic E-state index is 0.403. The lowest BCUT2D eigenvalue weighted by atomic mass is 10.1. The highest BCUT2D eigenvalue weighted by molar-refractivity contribution is 6.17. The molecule has 1 aromatic rings. The third kappa shape index (κ3) is 4.03. The van der Waals surface area contributed by atoms with Crippen LogP contribution in [0.3, 0.4) is 0 Å². The van der Waals surface area contributed by atoms with Gasteiger partial charge in [0, 0.05) is 30.7 Å². The molecule has 1 unspecified atom stereocenters. The zero-order valence-electron chi connectivity index (χ0n) is 11.2. The third-order valence-electron chi connectivity index (χ3n) is 2.87. The van der Waals surface area contributed by atoms with Crippen LogP contribution in [0.15, 0.2) is 12.3 Å². The Labute approximate surface area is 114 Å². The van der Waals surface area contributed by atoms with Crippen molar-refractivity contribution in [1.29, 1.82) is 0 Å². The van der Waals surface area contributed by atoms with Gasteiger partial charge in [0.25, 0.3) is 0 Å². The molecular formula is C13H21ClN2O2. The van der Waals surface area contributed by atoms with Gasteiger partial charge in [0.05, 0.1) is 19.9 Å². The fraction of sp³-hybridized carbons (Fsp3) is 0.615. The van der Waals surface area contributed by atoms with Crippen LogP contribution in [0, 0.1) is 0 Å². The molecule has 102 valence electrons. The third-order valence-corrected chi connectivity index (χ3v) is 3.09. The van der Waals surface area contributed by atoms with Crippen molar-refractivity contribution in [1.82, 2.24) is 10.3 Å². The molecule has 0 aliphatic carbocycles. The van der Waals surface area contributed by atoms with Crippen LogP contribution in [0.2, 0.25) is 0 Å². The van der Waals surface area contributed by atoms with Crippen LogP contribution in [0.5, 0.6) is 11.5 Å². The van der Waals surface area contributed by atoms with Crippen molar-refractivity contribution in [3.63, 3.8) is 0 Å². The van der Waals surface area contributed by atoms with Gasteiger partial charge in [-0.15, -0.1) is 11.6 Å². The Morgan fingerprint density at radius 2 is 2.17 bits per heavy atom. The summed E-state index contributed by atoms with van der Waals surface area (Å²) in [7, 11) is 3.25. The second kappa shape index (κ2) is 8.16. The molecule has 4 nitrogen and oxygen atoms in total. The van der Waals surface area contributed by atoms with E-state index in [0.29, 0.717) is 30.0 Å². The lowest BCUT2D eigenvalue weighted by Gasteiger charge is -2.17. The van der Waals surface area contributed by atoms with Gasteiger partial charge in [0.1, 0.15) is 0 Å². The van der Waals surface area contributed by atoms with Crippen LogP contribution in [0.4, 0.5) is 0 Å². The number of rotatable bonds is 8. The summed E-state index contributed by atoms with van der Waals surface area (Å²) >= 11 is 5.76. The summed E-state index contributed by atoms with van der Waals surface area (Å²) in [4.78, 5) is 4.32. The summed E-state index contributed by atoms with van der Waals surface area (Å²) in [6.07, 6.45) is 3.71. The van der Waals surface area contributed by atoms with E-state index in [0.717, 1.165) is 18.5 Å². The number of nitrogens with zero attached hydrogens (tertiary/aromatic N) is 1. The molecule has 1 N–H and O–H groups in total. The Balaban J connectivity index is 2.71. The smallest absolute Gasteiger partial charge is 0.183 e. The molecule has 1 atom stereocenters. The van der Waals surface area contributed by atoms with E-state index in [1.165, 1.54) is 0 Å². The van der Waals surface area contributed by atoms with Gasteiger partial charge >= 0.3 is 0 Å². The molecule has 18 heavy (non-hydrogen) atoms. The van der Waals surface area contributed by atoms with Crippen molar-refractivity contribution in [2.45, 2.75) is 32.4 Å². The van der Waals surface area contributed by atoms with Crippen molar-refractivity contribution < 1.29 is 9.47 Å². The van der Waals surface area contributed by atoms with Gasteiger partial charge in [-0.25, -0.2) is 0 Å². The predicted molar refractivity (Wildman–Crippen MR) is 73.6 cm³/mol. The van der Waals surface area contributed by atoms with Crippen molar-refractivity contribution >= 4 is 11.6 Å². The van der Waals surface area contributed by atoms with E-state index >= 15 is 0 Å². The van der Waals surface area contributed by atoms with Gasteiger partial charge < -0.3 is 14.8 Å². The molecule has 0 aliphatic rings. The first-order chi connectivity index (χ1) is 8.76. The minimum atomic E-state index is 0.403.